The van der Waals surface area contributed by atoms with Gasteiger partial charge in [-0.05, 0) is 34.8 Å². The Morgan fingerprint density at radius 2 is 2.35 bits per heavy atom. The SMILES string of the molecule is NC(=S)CCN(c1ncc(Cl)cc1Br)C1CC1. The summed E-state index contributed by atoms with van der Waals surface area (Å²) < 4.78 is 0.917. The lowest BCUT2D eigenvalue weighted by Gasteiger charge is -2.24. The predicted octanol–water partition coefficient (Wildman–Crippen LogP) is 3.14. The summed E-state index contributed by atoms with van der Waals surface area (Å²) in [4.78, 5) is 7.17. The van der Waals surface area contributed by atoms with Crippen LogP contribution in [0.25, 0.3) is 0 Å². The van der Waals surface area contributed by atoms with Crippen LogP contribution < -0.4 is 10.6 Å². The lowest BCUT2D eigenvalue weighted by Crippen LogP contribution is -2.30. The van der Waals surface area contributed by atoms with Gasteiger partial charge in [0.25, 0.3) is 0 Å². The molecule has 1 heterocycles. The summed E-state index contributed by atoms with van der Waals surface area (Å²) in [5, 5.41) is 0.630. The molecule has 0 aromatic carbocycles. The van der Waals surface area contributed by atoms with Crippen LogP contribution in [0.4, 0.5) is 5.82 Å². The summed E-state index contributed by atoms with van der Waals surface area (Å²) >= 11 is 14.3. The van der Waals surface area contributed by atoms with Crippen molar-refractivity contribution in [3.05, 3.63) is 21.8 Å². The van der Waals surface area contributed by atoms with Crippen LogP contribution in [0.5, 0.6) is 0 Å². The third kappa shape index (κ3) is 3.53. The molecule has 0 atom stereocenters. The van der Waals surface area contributed by atoms with Crippen molar-refractivity contribution in [2.24, 2.45) is 5.73 Å². The topological polar surface area (TPSA) is 42.1 Å². The van der Waals surface area contributed by atoms with Crippen molar-refractivity contribution in [2.75, 3.05) is 11.4 Å². The first-order chi connectivity index (χ1) is 8.08. The number of hydrogen-bond donors (Lipinski definition) is 1. The van der Waals surface area contributed by atoms with Crippen molar-refractivity contribution in [1.82, 2.24) is 4.98 Å². The average Bonchev–Trinajstić information content (AvgIpc) is 3.04. The molecule has 0 saturated heterocycles. The van der Waals surface area contributed by atoms with Gasteiger partial charge in [-0.15, -0.1) is 0 Å². The number of halogens is 2. The van der Waals surface area contributed by atoms with Crippen LogP contribution in [0.2, 0.25) is 5.02 Å². The molecule has 2 N–H and O–H groups in total. The van der Waals surface area contributed by atoms with E-state index in [1.165, 1.54) is 12.8 Å². The molecule has 1 aromatic rings. The molecular weight excluding hydrogens is 322 g/mol. The van der Waals surface area contributed by atoms with Gasteiger partial charge in [0, 0.05) is 25.2 Å². The molecular formula is C11H13BrClN3S. The third-order valence-electron chi connectivity index (χ3n) is 2.65. The summed E-state index contributed by atoms with van der Waals surface area (Å²) in [6.45, 7) is 0.813. The average molecular weight is 335 g/mol. The van der Waals surface area contributed by atoms with Gasteiger partial charge in [0.15, 0.2) is 0 Å². The smallest absolute Gasteiger partial charge is 0.143 e. The summed E-state index contributed by atoms with van der Waals surface area (Å²) in [6.07, 6.45) is 4.78. The van der Waals surface area contributed by atoms with E-state index < -0.39 is 0 Å². The van der Waals surface area contributed by atoms with Crippen LogP contribution in [-0.4, -0.2) is 22.6 Å². The minimum atomic E-state index is 0.542. The number of aromatic nitrogens is 1. The highest BCUT2D eigenvalue weighted by atomic mass is 79.9. The minimum Gasteiger partial charge on any atom is -0.393 e. The molecule has 0 aliphatic heterocycles. The van der Waals surface area contributed by atoms with Crippen LogP contribution in [0.1, 0.15) is 19.3 Å². The fraction of sp³-hybridized carbons (Fsp3) is 0.455. The quantitative estimate of drug-likeness (QED) is 0.840. The molecule has 6 heteroatoms. The van der Waals surface area contributed by atoms with Crippen LogP contribution in [0.15, 0.2) is 16.7 Å². The van der Waals surface area contributed by atoms with Crippen molar-refractivity contribution in [3.8, 4) is 0 Å². The molecule has 0 bridgehead atoms. The molecule has 1 aliphatic carbocycles. The highest BCUT2D eigenvalue weighted by Crippen LogP contribution is 2.35. The number of rotatable bonds is 5. The molecule has 1 saturated carbocycles. The maximum atomic E-state index is 5.89. The van der Waals surface area contributed by atoms with Crippen molar-refractivity contribution >= 4 is 50.6 Å². The number of thiocarbonyl (C=S) groups is 1. The van der Waals surface area contributed by atoms with Crippen LogP contribution >= 0.6 is 39.7 Å². The zero-order valence-corrected chi connectivity index (χ0v) is 12.4. The van der Waals surface area contributed by atoms with Gasteiger partial charge in [0.1, 0.15) is 5.82 Å². The van der Waals surface area contributed by atoms with Gasteiger partial charge in [0.2, 0.25) is 0 Å². The van der Waals surface area contributed by atoms with Gasteiger partial charge in [0.05, 0.1) is 14.5 Å². The lowest BCUT2D eigenvalue weighted by atomic mass is 10.3. The predicted molar refractivity (Wildman–Crippen MR) is 78.7 cm³/mol. The van der Waals surface area contributed by atoms with Crippen molar-refractivity contribution in [3.63, 3.8) is 0 Å². The van der Waals surface area contributed by atoms with Gasteiger partial charge in [-0.1, -0.05) is 23.8 Å². The van der Waals surface area contributed by atoms with Crippen molar-refractivity contribution in [1.29, 1.82) is 0 Å². The van der Waals surface area contributed by atoms with Gasteiger partial charge in [-0.25, -0.2) is 4.98 Å². The number of anilines is 1. The molecule has 1 fully saturated rings. The number of nitrogens with zero attached hydrogens (tertiary/aromatic N) is 2. The van der Waals surface area contributed by atoms with Crippen molar-refractivity contribution in [2.45, 2.75) is 25.3 Å². The van der Waals surface area contributed by atoms with Gasteiger partial charge < -0.3 is 10.6 Å². The lowest BCUT2D eigenvalue weighted by molar-refractivity contribution is 0.783. The number of nitrogens with two attached hydrogens (primary N) is 1. The van der Waals surface area contributed by atoms with Crippen LogP contribution in [-0.2, 0) is 0 Å². The second kappa shape index (κ2) is 5.50. The summed E-state index contributed by atoms with van der Waals surface area (Å²) in [6, 6.07) is 2.43. The van der Waals surface area contributed by atoms with Crippen LogP contribution in [0, 0.1) is 0 Å². The van der Waals surface area contributed by atoms with E-state index >= 15 is 0 Å². The molecule has 1 aromatic heterocycles. The fourth-order valence-electron chi connectivity index (χ4n) is 1.70. The molecule has 1 aliphatic rings. The first-order valence-electron chi connectivity index (χ1n) is 5.44. The monoisotopic (exact) mass is 333 g/mol. The minimum absolute atomic E-state index is 0.542. The third-order valence-corrected chi connectivity index (χ3v) is 3.64. The molecule has 0 spiro atoms. The van der Waals surface area contributed by atoms with Crippen molar-refractivity contribution < 1.29 is 0 Å². The Balaban J connectivity index is 2.17. The standard InChI is InChI=1S/C11H13BrClN3S/c12-9-5-7(13)6-15-11(9)16(8-1-2-8)4-3-10(14)17/h5-6,8H,1-4H2,(H2,14,17). The first-order valence-corrected chi connectivity index (χ1v) is 7.02. The van der Waals surface area contributed by atoms with E-state index in [0.717, 1.165) is 16.8 Å². The summed E-state index contributed by atoms with van der Waals surface area (Å²) in [5.74, 6) is 0.924. The van der Waals surface area contributed by atoms with E-state index in [2.05, 4.69) is 25.8 Å². The zero-order chi connectivity index (χ0) is 12.4. The Bertz CT molecular complexity index is 437. The van der Waals surface area contributed by atoms with Gasteiger partial charge >= 0.3 is 0 Å². The highest BCUT2D eigenvalue weighted by Gasteiger charge is 2.30. The van der Waals surface area contributed by atoms with Gasteiger partial charge in [-0.2, -0.15) is 0 Å². The maximum absolute atomic E-state index is 5.89. The number of hydrogen-bond acceptors (Lipinski definition) is 3. The summed E-state index contributed by atoms with van der Waals surface area (Å²) in [7, 11) is 0. The first kappa shape index (κ1) is 13.1. The zero-order valence-electron chi connectivity index (χ0n) is 9.20. The van der Waals surface area contributed by atoms with E-state index in [1.54, 1.807) is 6.20 Å². The highest BCUT2D eigenvalue weighted by molar-refractivity contribution is 9.10. The Morgan fingerprint density at radius 3 is 2.88 bits per heavy atom. The Labute approximate surface area is 119 Å². The summed E-state index contributed by atoms with van der Waals surface area (Å²) in [5.41, 5.74) is 5.55. The molecule has 3 nitrogen and oxygen atoms in total. The Morgan fingerprint density at radius 1 is 1.65 bits per heavy atom. The van der Waals surface area contributed by atoms with E-state index in [4.69, 9.17) is 29.6 Å². The Kier molecular flexibility index (Phi) is 4.22. The molecule has 0 radical (unpaired) electrons. The maximum Gasteiger partial charge on any atom is 0.143 e. The second-order valence-electron chi connectivity index (χ2n) is 4.10. The molecule has 17 heavy (non-hydrogen) atoms. The normalized spacial score (nSPS) is 14.7. The van der Waals surface area contributed by atoms with E-state index in [1.807, 2.05) is 6.07 Å². The largest absolute Gasteiger partial charge is 0.393 e. The van der Waals surface area contributed by atoms with E-state index in [0.29, 0.717) is 22.5 Å². The molecule has 0 amide bonds. The Hall–Kier alpha value is -0.390. The molecule has 2 rings (SSSR count). The van der Waals surface area contributed by atoms with E-state index in [-0.39, 0.29) is 0 Å². The second-order valence-corrected chi connectivity index (χ2v) is 5.91. The molecule has 92 valence electrons. The molecule has 0 unspecified atom stereocenters. The fourth-order valence-corrected chi connectivity index (χ4v) is 2.65. The van der Waals surface area contributed by atoms with E-state index in [9.17, 15) is 0 Å². The van der Waals surface area contributed by atoms with Crippen LogP contribution in [0.3, 0.4) is 0 Å². The van der Waals surface area contributed by atoms with Gasteiger partial charge in [-0.3, -0.25) is 0 Å². The number of pyridine rings is 1.